The van der Waals surface area contributed by atoms with Crippen molar-refractivity contribution in [3.05, 3.63) is 150 Å². The van der Waals surface area contributed by atoms with Gasteiger partial charge in [-0.3, -0.25) is 13.9 Å². The molecular weight excluding hydrogens is 675 g/mol. The summed E-state index contributed by atoms with van der Waals surface area (Å²) < 4.78 is 41.3. The van der Waals surface area contributed by atoms with Gasteiger partial charge in [-0.2, -0.15) is 0 Å². The number of hydrogen-bond acceptors (Lipinski definition) is 6. The number of anilines is 1. The van der Waals surface area contributed by atoms with Crippen molar-refractivity contribution in [1.29, 1.82) is 0 Å². The average Bonchev–Trinajstić information content (AvgIpc) is 3.16. The van der Waals surface area contributed by atoms with Gasteiger partial charge in [-0.1, -0.05) is 91.7 Å². The van der Waals surface area contributed by atoms with Crippen molar-refractivity contribution in [2.24, 2.45) is 0 Å². The van der Waals surface area contributed by atoms with Crippen molar-refractivity contribution in [2.45, 2.75) is 50.6 Å². The maximum Gasteiger partial charge on any atom is 0.264 e. The van der Waals surface area contributed by atoms with Crippen LogP contribution in [0.1, 0.15) is 36.5 Å². The number of benzene rings is 5. The number of rotatable bonds is 17. The molecule has 5 aromatic carbocycles. The summed E-state index contributed by atoms with van der Waals surface area (Å²) in [5.41, 5.74) is 2.75. The number of carbonyl (C=O) groups is 2. The molecule has 9 nitrogen and oxygen atoms in total. The summed E-state index contributed by atoms with van der Waals surface area (Å²) >= 11 is 0. The van der Waals surface area contributed by atoms with Gasteiger partial charge in [0.25, 0.3) is 10.0 Å². The molecule has 0 aliphatic rings. The highest BCUT2D eigenvalue weighted by Crippen LogP contribution is 2.29. The van der Waals surface area contributed by atoms with Crippen LogP contribution < -0.4 is 19.1 Å². The second kappa shape index (κ2) is 18.1. The van der Waals surface area contributed by atoms with Gasteiger partial charge in [0.05, 0.1) is 17.7 Å². The lowest BCUT2D eigenvalue weighted by molar-refractivity contribution is -0.140. The second-order valence-electron chi connectivity index (χ2n) is 12.5. The number of nitrogens with one attached hydrogen (secondary N) is 1. The van der Waals surface area contributed by atoms with Crippen molar-refractivity contribution in [2.75, 3.05) is 24.5 Å². The molecule has 2 amide bonds. The summed E-state index contributed by atoms with van der Waals surface area (Å²) in [5, 5.41) is 3.02. The normalized spacial score (nSPS) is 11.7. The first kappa shape index (κ1) is 37.6. The highest BCUT2D eigenvalue weighted by Gasteiger charge is 2.34. The molecule has 0 fully saturated rings. The second-order valence-corrected chi connectivity index (χ2v) is 14.3. The number of hydrogen-bond donors (Lipinski definition) is 1. The Balaban J connectivity index is 1.56. The minimum Gasteiger partial charge on any atom is -0.497 e. The summed E-state index contributed by atoms with van der Waals surface area (Å²) in [6, 6.07) is 38.1. The van der Waals surface area contributed by atoms with Crippen LogP contribution in [0.4, 0.5) is 5.69 Å². The third-order valence-electron chi connectivity index (χ3n) is 8.58. The fourth-order valence-electron chi connectivity index (χ4n) is 5.70. The van der Waals surface area contributed by atoms with Crippen LogP contribution in [0.5, 0.6) is 17.2 Å². The molecule has 0 bridgehead atoms. The molecule has 0 aliphatic carbocycles. The van der Waals surface area contributed by atoms with E-state index in [2.05, 4.69) is 5.32 Å². The van der Waals surface area contributed by atoms with E-state index in [1.807, 2.05) is 86.6 Å². The van der Waals surface area contributed by atoms with E-state index in [-0.39, 0.29) is 29.5 Å². The van der Waals surface area contributed by atoms with Crippen molar-refractivity contribution in [3.8, 4) is 17.2 Å². The van der Waals surface area contributed by atoms with Gasteiger partial charge in [0, 0.05) is 19.5 Å². The molecule has 5 rings (SSSR count). The molecule has 0 spiro atoms. The maximum absolute atomic E-state index is 14.8. The Kier molecular flexibility index (Phi) is 13.1. The first-order valence-corrected chi connectivity index (χ1v) is 18.8. The average molecular weight is 720 g/mol. The Morgan fingerprint density at radius 2 is 1.37 bits per heavy atom. The molecular formula is C42H45N3O6S. The number of sulfonamides is 1. The third kappa shape index (κ3) is 10.0. The van der Waals surface area contributed by atoms with Crippen molar-refractivity contribution >= 4 is 27.5 Å². The molecule has 0 radical (unpaired) electrons. The van der Waals surface area contributed by atoms with E-state index in [0.29, 0.717) is 23.8 Å². The molecule has 0 aromatic heterocycles. The van der Waals surface area contributed by atoms with Gasteiger partial charge < -0.3 is 19.7 Å². The number of carbonyl (C=O) groups excluding carboxylic acids is 2. The first-order valence-electron chi connectivity index (χ1n) is 17.3. The Hall–Kier alpha value is -5.61. The standard InChI is InChI=1S/C42H45N3O6S/c1-4-5-27-43-42(47)40(29-33-13-8-6-9-14-33)44(30-34-15-12-18-38(28-34)50-3)41(46)31-45(52(48,49)39-25-19-32(2)20-26-39)35-21-23-37(24-22-35)51-36-16-10-7-11-17-36/h6-26,28,40H,4-5,27,29-31H2,1-3H3,(H,43,47). The van der Waals surface area contributed by atoms with Crippen LogP contribution in [0.2, 0.25) is 0 Å². The molecule has 0 aliphatic heterocycles. The zero-order chi connectivity index (χ0) is 36.9. The Bertz CT molecular complexity index is 2010. The van der Waals surface area contributed by atoms with Crippen LogP contribution in [-0.4, -0.2) is 51.4 Å². The lowest BCUT2D eigenvalue weighted by Crippen LogP contribution is -2.53. The van der Waals surface area contributed by atoms with Gasteiger partial charge in [0.1, 0.15) is 29.8 Å². The fourth-order valence-corrected chi connectivity index (χ4v) is 7.11. The number of unbranched alkanes of at least 4 members (excludes halogenated alkanes) is 1. The highest BCUT2D eigenvalue weighted by atomic mass is 32.2. The summed E-state index contributed by atoms with van der Waals surface area (Å²) in [6.45, 7) is 3.84. The van der Waals surface area contributed by atoms with Crippen LogP contribution >= 0.6 is 0 Å². The van der Waals surface area contributed by atoms with E-state index in [1.54, 1.807) is 55.6 Å². The number of ether oxygens (including phenoxy) is 2. The minimum absolute atomic E-state index is 0.0352. The molecule has 1 unspecified atom stereocenters. The smallest absolute Gasteiger partial charge is 0.264 e. The maximum atomic E-state index is 14.8. The topological polar surface area (TPSA) is 105 Å². The third-order valence-corrected chi connectivity index (χ3v) is 10.4. The van der Waals surface area contributed by atoms with E-state index >= 15 is 0 Å². The highest BCUT2D eigenvalue weighted by molar-refractivity contribution is 7.92. The number of para-hydroxylation sites is 1. The number of aryl methyl sites for hydroxylation is 1. The molecule has 5 aromatic rings. The van der Waals surface area contributed by atoms with Gasteiger partial charge in [0.15, 0.2) is 0 Å². The predicted molar refractivity (Wildman–Crippen MR) is 204 cm³/mol. The molecule has 0 heterocycles. The zero-order valence-electron chi connectivity index (χ0n) is 29.8. The molecule has 270 valence electrons. The molecule has 10 heteroatoms. The van der Waals surface area contributed by atoms with Crippen LogP contribution in [0.25, 0.3) is 0 Å². The van der Waals surface area contributed by atoms with Crippen LogP contribution in [0.15, 0.2) is 138 Å². The molecule has 1 N–H and O–H groups in total. The van der Waals surface area contributed by atoms with Gasteiger partial charge in [-0.15, -0.1) is 0 Å². The van der Waals surface area contributed by atoms with Gasteiger partial charge in [0.2, 0.25) is 11.8 Å². The summed E-state index contributed by atoms with van der Waals surface area (Å²) in [6.07, 6.45) is 1.89. The summed E-state index contributed by atoms with van der Waals surface area (Å²) in [7, 11) is -2.69. The molecule has 0 saturated heterocycles. The summed E-state index contributed by atoms with van der Waals surface area (Å²) in [5.74, 6) is 0.863. The van der Waals surface area contributed by atoms with Crippen molar-refractivity contribution < 1.29 is 27.5 Å². The van der Waals surface area contributed by atoms with Gasteiger partial charge >= 0.3 is 0 Å². The van der Waals surface area contributed by atoms with Gasteiger partial charge in [-0.25, -0.2) is 8.42 Å². The van der Waals surface area contributed by atoms with E-state index in [4.69, 9.17) is 9.47 Å². The number of methoxy groups -OCH3 is 1. The predicted octanol–water partition coefficient (Wildman–Crippen LogP) is 7.55. The van der Waals surface area contributed by atoms with E-state index in [0.717, 1.165) is 33.8 Å². The lowest BCUT2D eigenvalue weighted by Gasteiger charge is -2.34. The Labute approximate surface area is 306 Å². The van der Waals surface area contributed by atoms with E-state index in [1.165, 1.54) is 17.0 Å². The molecule has 1 atom stereocenters. The van der Waals surface area contributed by atoms with E-state index in [9.17, 15) is 18.0 Å². The number of amides is 2. The van der Waals surface area contributed by atoms with E-state index < -0.39 is 28.5 Å². The van der Waals surface area contributed by atoms with Crippen molar-refractivity contribution in [1.82, 2.24) is 10.2 Å². The number of nitrogens with zero attached hydrogens (tertiary/aromatic N) is 2. The van der Waals surface area contributed by atoms with Gasteiger partial charge in [-0.05, 0) is 85.1 Å². The van der Waals surface area contributed by atoms with Crippen LogP contribution in [0.3, 0.4) is 0 Å². The lowest BCUT2D eigenvalue weighted by atomic mass is 10.0. The summed E-state index contributed by atoms with van der Waals surface area (Å²) in [4.78, 5) is 30.3. The van der Waals surface area contributed by atoms with Crippen LogP contribution in [0, 0.1) is 6.92 Å². The monoisotopic (exact) mass is 719 g/mol. The zero-order valence-corrected chi connectivity index (χ0v) is 30.6. The SMILES string of the molecule is CCCCNC(=O)C(Cc1ccccc1)N(Cc1cccc(OC)c1)C(=O)CN(c1ccc(Oc2ccccc2)cc1)S(=O)(=O)c1ccc(C)cc1. The Morgan fingerprint density at radius 1 is 0.750 bits per heavy atom. The van der Waals surface area contributed by atoms with Crippen LogP contribution in [-0.2, 0) is 32.6 Å². The largest absolute Gasteiger partial charge is 0.497 e. The fraction of sp³-hybridized carbons (Fsp3) is 0.238. The molecule has 52 heavy (non-hydrogen) atoms. The minimum atomic E-state index is -4.25. The quantitative estimate of drug-likeness (QED) is 0.0996. The first-order chi connectivity index (χ1) is 25.2. The Morgan fingerprint density at radius 3 is 2.02 bits per heavy atom. The molecule has 0 saturated carbocycles. The van der Waals surface area contributed by atoms with Crippen molar-refractivity contribution in [3.63, 3.8) is 0 Å².